The molecule has 0 amide bonds. The first-order valence-corrected chi connectivity index (χ1v) is 4.48. The monoisotopic (exact) mass is 188 g/mol. The third-order valence-electron chi connectivity index (χ3n) is 1.89. The molecular formula is C10H12N4. The lowest BCUT2D eigenvalue weighted by atomic mass is 10.3. The molecule has 2 rings (SSSR count). The smallest absolute Gasteiger partial charge is 0.125 e. The van der Waals surface area contributed by atoms with Gasteiger partial charge in [-0.25, -0.2) is 4.98 Å². The summed E-state index contributed by atoms with van der Waals surface area (Å²) < 4.78 is 0. The summed E-state index contributed by atoms with van der Waals surface area (Å²) in [5.41, 5.74) is 2.16. The highest BCUT2D eigenvalue weighted by atomic mass is 15.0. The molecule has 2 heterocycles. The van der Waals surface area contributed by atoms with E-state index >= 15 is 0 Å². The van der Waals surface area contributed by atoms with E-state index in [9.17, 15) is 0 Å². The van der Waals surface area contributed by atoms with Crippen LogP contribution in [-0.2, 0) is 6.54 Å². The summed E-state index contributed by atoms with van der Waals surface area (Å²) in [6, 6.07) is 2.05. The first kappa shape index (κ1) is 8.74. The number of anilines is 1. The van der Waals surface area contributed by atoms with E-state index in [-0.39, 0.29) is 0 Å². The van der Waals surface area contributed by atoms with Gasteiger partial charge in [-0.05, 0) is 18.6 Å². The third-order valence-corrected chi connectivity index (χ3v) is 1.89. The zero-order chi connectivity index (χ0) is 9.80. The van der Waals surface area contributed by atoms with Crippen LogP contribution in [0.4, 0.5) is 5.69 Å². The Morgan fingerprint density at radius 2 is 2.36 bits per heavy atom. The van der Waals surface area contributed by atoms with Crippen molar-refractivity contribution in [3.05, 3.63) is 42.2 Å². The number of imidazole rings is 1. The van der Waals surface area contributed by atoms with Gasteiger partial charge in [0.15, 0.2) is 0 Å². The molecule has 0 aliphatic rings. The van der Waals surface area contributed by atoms with Gasteiger partial charge in [-0.15, -0.1) is 0 Å². The Morgan fingerprint density at radius 1 is 1.43 bits per heavy atom. The first-order valence-electron chi connectivity index (χ1n) is 4.48. The molecule has 2 aromatic heterocycles. The minimum atomic E-state index is 0.693. The number of hydrogen-bond donors (Lipinski definition) is 2. The third kappa shape index (κ3) is 2.10. The van der Waals surface area contributed by atoms with Crippen LogP contribution in [0.5, 0.6) is 0 Å². The summed E-state index contributed by atoms with van der Waals surface area (Å²) in [6.45, 7) is 2.71. The van der Waals surface area contributed by atoms with E-state index in [4.69, 9.17) is 0 Å². The van der Waals surface area contributed by atoms with Crippen molar-refractivity contribution in [2.24, 2.45) is 0 Å². The summed E-state index contributed by atoms with van der Waals surface area (Å²) in [4.78, 5) is 11.2. The van der Waals surface area contributed by atoms with Crippen molar-refractivity contribution in [3.8, 4) is 0 Å². The van der Waals surface area contributed by atoms with Crippen LogP contribution in [0.1, 0.15) is 11.4 Å². The van der Waals surface area contributed by atoms with Crippen molar-refractivity contribution in [1.29, 1.82) is 0 Å². The number of pyridine rings is 1. The molecule has 14 heavy (non-hydrogen) atoms. The Balaban J connectivity index is 1.98. The average Bonchev–Trinajstić information content (AvgIpc) is 2.67. The average molecular weight is 188 g/mol. The highest BCUT2D eigenvalue weighted by molar-refractivity contribution is 5.42. The van der Waals surface area contributed by atoms with Crippen LogP contribution in [0.25, 0.3) is 0 Å². The molecule has 0 saturated carbocycles. The van der Waals surface area contributed by atoms with Crippen LogP contribution in [0.2, 0.25) is 0 Å². The number of rotatable bonds is 3. The molecule has 2 N–H and O–H groups in total. The zero-order valence-corrected chi connectivity index (χ0v) is 7.99. The number of aryl methyl sites for hydroxylation is 1. The summed E-state index contributed by atoms with van der Waals surface area (Å²) in [5.74, 6) is 0.923. The normalized spacial score (nSPS) is 10.1. The van der Waals surface area contributed by atoms with Gasteiger partial charge in [0.2, 0.25) is 0 Å². The van der Waals surface area contributed by atoms with Crippen LogP contribution >= 0.6 is 0 Å². The quantitative estimate of drug-likeness (QED) is 0.771. The molecule has 0 radical (unpaired) electrons. The molecule has 0 bridgehead atoms. The topological polar surface area (TPSA) is 53.6 Å². The number of H-pyrrole nitrogens is 1. The summed E-state index contributed by atoms with van der Waals surface area (Å²) >= 11 is 0. The minimum absolute atomic E-state index is 0.693. The van der Waals surface area contributed by atoms with Crippen molar-refractivity contribution in [1.82, 2.24) is 15.0 Å². The van der Waals surface area contributed by atoms with E-state index in [0.717, 1.165) is 17.1 Å². The van der Waals surface area contributed by atoms with Crippen molar-refractivity contribution >= 4 is 5.69 Å². The molecule has 0 aromatic carbocycles. The Labute approximate surface area is 82.4 Å². The maximum Gasteiger partial charge on any atom is 0.125 e. The van der Waals surface area contributed by atoms with Crippen LogP contribution in [0.15, 0.2) is 30.9 Å². The highest BCUT2D eigenvalue weighted by Crippen LogP contribution is 2.07. The van der Waals surface area contributed by atoms with E-state index in [1.807, 2.05) is 19.3 Å². The molecule has 4 heteroatoms. The second kappa shape index (κ2) is 3.91. The van der Waals surface area contributed by atoms with Crippen LogP contribution in [0.3, 0.4) is 0 Å². The van der Waals surface area contributed by atoms with Gasteiger partial charge in [-0.3, -0.25) is 4.98 Å². The van der Waals surface area contributed by atoms with Crippen molar-refractivity contribution < 1.29 is 0 Å². The van der Waals surface area contributed by atoms with E-state index < -0.39 is 0 Å². The molecule has 0 atom stereocenters. The van der Waals surface area contributed by atoms with Crippen molar-refractivity contribution in [2.45, 2.75) is 13.5 Å². The van der Waals surface area contributed by atoms with E-state index in [1.54, 1.807) is 12.4 Å². The van der Waals surface area contributed by atoms with Gasteiger partial charge >= 0.3 is 0 Å². The van der Waals surface area contributed by atoms with E-state index in [2.05, 4.69) is 26.3 Å². The SMILES string of the molecule is Cc1cncc(NCc2ncc[nH]2)c1. The summed E-state index contributed by atoms with van der Waals surface area (Å²) in [5, 5.41) is 3.23. The minimum Gasteiger partial charge on any atom is -0.377 e. The highest BCUT2D eigenvalue weighted by Gasteiger charge is 1.95. The fourth-order valence-corrected chi connectivity index (χ4v) is 1.23. The number of nitrogens with zero attached hydrogens (tertiary/aromatic N) is 2. The van der Waals surface area contributed by atoms with Gasteiger partial charge in [0, 0.05) is 24.8 Å². The van der Waals surface area contributed by atoms with Gasteiger partial charge in [0.05, 0.1) is 12.2 Å². The van der Waals surface area contributed by atoms with E-state index in [1.165, 1.54) is 0 Å². The zero-order valence-electron chi connectivity index (χ0n) is 7.99. The van der Waals surface area contributed by atoms with Crippen LogP contribution in [0, 0.1) is 6.92 Å². The van der Waals surface area contributed by atoms with Gasteiger partial charge < -0.3 is 10.3 Å². The van der Waals surface area contributed by atoms with Crippen LogP contribution < -0.4 is 5.32 Å². The molecule has 0 aliphatic carbocycles. The molecule has 72 valence electrons. The summed E-state index contributed by atoms with van der Waals surface area (Å²) in [6.07, 6.45) is 7.19. The maximum atomic E-state index is 4.12. The first-order chi connectivity index (χ1) is 6.84. The van der Waals surface area contributed by atoms with Gasteiger partial charge in [0.25, 0.3) is 0 Å². The fourth-order valence-electron chi connectivity index (χ4n) is 1.23. The molecule has 4 nitrogen and oxygen atoms in total. The Morgan fingerprint density at radius 3 is 3.07 bits per heavy atom. The molecular weight excluding hydrogens is 176 g/mol. The van der Waals surface area contributed by atoms with Crippen LogP contribution in [-0.4, -0.2) is 15.0 Å². The van der Waals surface area contributed by atoms with Crippen molar-refractivity contribution in [3.63, 3.8) is 0 Å². The molecule has 2 aromatic rings. The standard InChI is InChI=1S/C10H12N4/c1-8-4-9(6-11-5-8)14-7-10-12-2-3-13-10/h2-6,14H,7H2,1H3,(H,12,13). The molecule has 0 saturated heterocycles. The number of aromatic amines is 1. The molecule has 0 spiro atoms. The second-order valence-electron chi connectivity index (χ2n) is 3.14. The Kier molecular flexibility index (Phi) is 2.44. The Bertz CT molecular complexity index is 394. The number of nitrogens with one attached hydrogen (secondary N) is 2. The molecule has 0 aliphatic heterocycles. The lowest BCUT2D eigenvalue weighted by Gasteiger charge is -2.03. The van der Waals surface area contributed by atoms with E-state index in [0.29, 0.717) is 6.54 Å². The Hall–Kier alpha value is -1.84. The maximum absolute atomic E-state index is 4.12. The van der Waals surface area contributed by atoms with Gasteiger partial charge in [-0.2, -0.15) is 0 Å². The lowest BCUT2D eigenvalue weighted by Crippen LogP contribution is -2.01. The number of hydrogen-bond acceptors (Lipinski definition) is 3. The predicted molar refractivity (Wildman–Crippen MR) is 54.9 cm³/mol. The van der Waals surface area contributed by atoms with Crippen molar-refractivity contribution in [2.75, 3.05) is 5.32 Å². The lowest BCUT2D eigenvalue weighted by molar-refractivity contribution is 0.996. The summed E-state index contributed by atoms with van der Waals surface area (Å²) in [7, 11) is 0. The molecule has 0 fully saturated rings. The number of aromatic nitrogens is 3. The molecule has 0 unspecified atom stereocenters. The van der Waals surface area contributed by atoms with Gasteiger partial charge in [-0.1, -0.05) is 0 Å². The second-order valence-corrected chi connectivity index (χ2v) is 3.14. The van der Waals surface area contributed by atoms with Gasteiger partial charge in [0.1, 0.15) is 5.82 Å². The fraction of sp³-hybridized carbons (Fsp3) is 0.200. The largest absolute Gasteiger partial charge is 0.377 e. The predicted octanol–water partition coefficient (Wildman–Crippen LogP) is 1.73.